The van der Waals surface area contributed by atoms with Gasteiger partial charge in [0.05, 0.1) is 11.5 Å². The molecule has 0 aliphatic carbocycles. The summed E-state index contributed by atoms with van der Waals surface area (Å²) in [7, 11) is -1.99. The Morgan fingerprint density at radius 2 is 2.05 bits per heavy atom. The topological polar surface area (TPSA) is 107 Å². The molecule has 2 saturated heterocycles. The summed E-state index contributed by atoms with van der Waals surface area (Å²) >= 11 is 0. The maximum Gasteiger partial charge on any atom is 0.309 e. The van der Waals surface area contributed by atoms with E-state index < -0.39 is 27.6 Å². The fraction of sp³-hybridized carbons (Fsp3) is 0.833. The summed E-state index contributed by atoms with van der Waals surface area (Å²) in [5.74, 6) is -2.06. The SMILES string of the molecule is CCN(C)S(=O)(=O)N1CCC2(CC1)NC(=O)C[C@@H]2C(=O)O. The molecule has 1 spiro atoms. The smallest absolute Gasteiger partial charge is 0.309 e. The molecule has 2 fully saturated rings. The molecule has 0 aromatic heterocycles. The Morgan fingerprint density at radius 1 is 1.48 bits per heavy atom. The van der Waals surface area contributed by atoms with Gasteiger partial charge < -0.3 is 10.4 Å². The van der Waals surface area contributed by atoms with Gasteiger partial charge in [0.25, 0.3) is 10.2 Å². The van der Waals surface area contributed by atoms with Crippen LogP contribution in [0.5, 0.6) is 0 Å². The van der Waals surface area contributed by atoms with Crippen molar-refractivity contribution in [3.8, 4) is 0 Å². The number of aliphatic carboxylic acids is 1. The van der Waals surface area contributed by atoms with Crippen LogP contribution < -0.4 is 5.32 Å². The second kappa shape index (κ2) is 5.54. The maximum absolute atomic E-state index is 12.2. The lowest BCUT2D eigenvalue weighted by molar-refractivity contribution is -0.144. The summed E-state index contributed by atoms with van der Waals surface area (Å²) in [4.78, 5) is 22.9. The highest BCUT2D eigenvalue weighted by Gasteiger charge is 2.52. The molecule has 1 atom stereocenters. The Kier molecular flexibility index (Phi) is 4.27. The van der Waals surface area contributed by atoms with Crippen molar-refractivity contribution < 1.29 is 23.1 Å². The zero-order valence-corrected chi connectivity index (χ0v) is 13.0. The Bertz CT molecular complexity index is 539. The van der Waals surface area contributed by atoms with E-state index in [1.165, 1.54) is 15.7 Å². The molecule has 2 aliphatic heterocycles. The van der Waals surface area contributed by atoms with Crippen LogP contribution >= 0.6 is 0 Å². The Hall–Kier alpha value is -1.19. The monoisotopic (exact) mass is 319 g/mol. The molecule has 9 heteroatoms. The van der Waals surface area contributed by atoms with Crippen LogP contribution in [0.4, 0.5) is 0 Å². The van der Waals surface area contributed by atoms with Crippen LogP contribution in [0.2, 0.25) is 0 Å². The minimum absolute atomic E-state index is 0.0308. The summed E-state index contributed by atoms with van der Waals surface area (Å²) in [5, 5.41) is 12.0. The number of carbonyl (C=O) groups is 2. The number of hydrogen-bond acceptors (Lipinski definition) is 4. The molecule has 0 aromatic rings. The summed E-state index contributed by atoms with van der Waals surface area (Å²) in [6.07, 6.45) is 0.621. The molecule has 1 amide bonds. The third kappa shape index (κ3) is 2.77. The third-order valence-electron chi connectivity index (χ3n) is 4.52. The first-order valence-corrected chi connectivity index (χ1v) is 8.38. The molecule has 0 radical (unpaired) electrons. The van der Waals surface area contributed by atoms with Crippen molar-refractivity contribution in [3.63, 3.8) is 0 Å². The average molecular weight is 319 g/mol. The lowest BCUT2D eigenvalue weighted by atomic mass is 9.78. The largest absolute Gasteiger partial charge is 0.481 e. The highest BCUT2D eigenvalue weighted by molar-refractivity contribution is 7.86. The lowest BCUT2D eigenvalue weighted by Gasteiger charge is -2.41. The maximum atomic E-state index is 12.2. The molecule has 2 heterocycles. The summed E-state index contributed by atoms with van der Waals surface area (Å²) in [6, 6.07) is 0. The minimum atomic E-state index is -3.50. The predicted octanol–water partition coefficient (Wildman–Crippen LogP) is -0.762. The van der Waals surface area contributed by atoms with Gasteiger partial charge in [-0.25, -0.2) is 0 Å². The number of amides is 1. The van der Waals surface area contributed by atoms with Crippen molar-refractivity contribution in [2.45, 2.75) is 31.7 Å². The van der Waals surface area contributed by atoms with E-state index in [2.05, 4.69) is 5.32 Å². The van der Waals surface area contributed by atoms with E-state index in [0.717, 1.165) is 0 Å². The van der Waals surface area contributed by atoms with Crippen LogP contribution in [0.1, 0.15) is 26.2 Å². The van der Waals surface area contributed by atoms with Crippen molar-refractivity contribution in [1.29, 1.82) is 0 Å². The van der Waals surface area contributed by atoms with Gasteiger partial charge in [-0.1, -0.05) is 6.92 Å². The molecule has 2 N–H and O–H groups in total. The second-order valence-electron chi connectivity index (χ2n) is 5.62. The van der Waals surface area contributed by atoms with E-state index >= 15 is 0 Å². The van der Waals surface area contributed by atoms with Crippen LogP contribution in [0, 0.1) is 5.92 Å². The highest BCUT2D eigenvalue weighted by Crippen LogP contribution is 2.37. The lowest BCUT2D eigenvalue weighted by Crippen LogP contribution is -2.57. The Balaban J connectivity index is 2.13. The summed E-state index contributed by atoms with van der Waals surface area (Å²) in [6.45, 7) is 2.56. The first-order chi connectivity index (χ1) is 9.73. The van der Waals surface area contributed by atoms with Crippen molar-refractivity contribution in [2.24, 2.45) is 5.92 Å². The van der Waals surface area contributed by atoms with Gasteiger partial charge in [0.2, 0.25) is 5.91 Å². The molecule has 2 aliphatic rings. The molecular weight excluding hydrogens is 298 g/mol. The minimum Gasteiger partial charge on any atom is -0.481 e. The summed E-state index contributed by atoms with van der Waals surface area (Å²) < 4.78 is 27.1. The van der Waals surface area contributed by atoms with Crippen LogP contribution in [-0.2, 0) is 19.8 Å². The number of nitrogens with one attached hydrogen (secondary N) is 1. The van der Waals surface area contributed by atoms with Crippen LogP contribution in [0.3, 0.4) is 0 Å². The summed E-state index contributed by atoms with van der Waals surface area (Å²) in [5.41, 5.74) is -0.806. The molecule has 21 heavy (non-hydrogen) atoms. The predicted molar refractivity (Wildman–Crippen MR) is 74.6 cm³/mol. The van der Waals surface area contributed by atoms with Crippen LogP contribution in [0.25, 0.3) is 0 Å². The van der Waals surface area contributed by atoms with Gasteiger partial charge in [-0.2, -0.15) is 17.0 Å². The van der Waals surface area contributed by atoms with Gasteiger partial charge >= 0.3 is 5.97 Å². The quantitative estimate of drug-likeness (QED) is 0.708. The number of rotatable bonds is 4. The van der Waals surface area contributed by atoms with E-state index in [0.29, 0.717) is 19.4 Å². The molecule has 8 nitrogen and oxygen atoms in total. The van der Waals surface area contributed by atoms with E-state index in [9.17, 15) is 23.1 Å². The molecule has 0 unspecified atom stereocenters. The van der Waals surface area contributed by atoms with E-state index in [4.69, 9.17) is 0 Å². The molecule has 0 saturated carbocycles. The number of carboxylic acids is 1. The van der Waals surface area contributed by atoms with Crippen LogP contribution in [0.15, 0.2) is 0 Å². The number of piperidine rings is 1. The second-order valence-corrected chi connectivity index (χ2v) is 7.66. The number of carboxylic acid groups (broad SMARTS) is 1. The first-order valence-electron chi connectivity index (χ1n) is 6.98. The number of nitrogens with zero attached hydrogens (tertiary/aromatic N) is 2. The zero-order chi connectivity index (χ0) is 15.8. The molecule has 0 aromatic carbocycles. The van der Waals surface area contributed by atoms with E-state index in [1.807, 2.05) is 0 Å². The van der Waals surface area contributed by atoms with Gasteiger partial charge in [-0.15, -0.1) is 0 Å². The van der Waals surface area contributed by atoms with Gasteiger partial charge in [0.15, 0.2) is 0 Å². The fourth-order valence-electron chi connectivity index (χ4n) is 3.07. The first kappa shape index (κ1) is 16.2. The Labute approximate surface area is 124 Å². The Morgan fingerprint density at radius 3 is 2.52 bits per heavy atom. The van der Waals surface area contributed by atoms with Crippen molar-refractivity contribution >= 4 is 22.1 Å². The standard InChI is InChI=1S/C12H21N3O5S/c1-3-14(2)21(19,20)15-6-4-12(5-7-15)9(11(17)18)8-10(16)13-12/h9H,3-8H2,1-2H3,(H,13,16)(H,17,18)/t9-/m1/s1. The number of carbonyl (C=O) groups excluding carboxylic acids is 1. The van der Waals surface area contributed by atoms with E-state index in [-0.39, 0.29) is 25.4 Å². The van der Waals surface area contributed by atoms with Crippen molar-refractivity contribution in [1.82, 2.24) is 13.9 Å². The van der Waals surface area contributed by atoms with Crippen LogP contribution in [-0.4, -0.2) is 66.2 Å². The molecule has 2 rings (SSSR count). The van der Waals surface area contributed by atoms with Gasteiger partial charge in [-0.3, -0.25) is 9.59 Å². The van der Waals surface area contributed by atoms with Gasteiger partial charge in [0, 0.05) is 33.1 Å². The fourth-order valence-corrected chi connectivity index (χ4v) is 4.43. The average Bonchev–Trinajstić information content (AvgIpc) is 2.75. The molecular formula is C12H21N3O5S. The van der Waals surface area contributed by atoms with Crippen molar-refractivity contribution in [2.75, 3.05) is 26.7 Å². The third-order valence-corrected chi connectivity index (χ3v) is 6.59. The number of hydrogen-bond donors (Lipinski definition) is 2. The molecule has 0 bridgehead atoms. The van der Waals surface area contributed by atoms with Gasteiger partial charge in [-0.05, 0) is 12.8 Å². The van der Waals surface area contributed by atoms with E-state index in [1.54, 1.807) is 6.92 Å². The van der Waals surface area contributed by atoms with Gasteiger partial charge in [0.1, 0.15) is 0 Å². The van der Waals surface area contributed by atoms with Crippen molar-refractivity contribution in [3.05, 3.63) is 0 Å². The molecule has 120 valence electrons. The highest BCUT2D eigenvalue weighted by atomic mass is 32.2. The normalized spacial score (nSPS) is 26.2. The zero-order valence-electron chi connectivity index (χ0n) is 12.2.